The maximum Gasteiger partial charge on any atom is 0.265 e. The zero-order valence-corrected chi connectivity index (χ0v) is 11.3. The second kappa shape index (κ2) is 5.24. The fraction of sp³-hybridized carbons (Fsp3) is 0.133. The first-order valence-corrected chi connectivity index (χ1v) is 6.46. The quantitative estimate of drug-likeness (QED) is 0.884. The van der Waals surface area contributed by atoms with Crippen molar-refractivity contribution in [3.63, 3.8) is 0 Å². The summed E-state index contributed by atoms with van der Waals surface area (Å²) < 4.78 is 5.45. The summed E-state index contributed by atoms with van der Waals surface area (Å²) in [7, 11) is 0. The van der Waals surface area contributed by atoms with Crippen LogP contribution in [0.1, 0.15) is 17.3 Å². The highest BCUT2D eigenvalue weighted by Crippen LogP contribution is 2.32. The second-order valence-electron chi connectivity index (χ2n) is 4.66. The summed E-state index contributed by atoms with van der Waals surface area (Å²) in [6, 6.07) is 8.46. The molecular formula is C15H13N3O3. The number of amides is 2. The van der Waals surface area contributed by atoms with Gasteiger partial charge in [-0.05, 0) is 37.3 Å². The van der Waals surface area contributed by atoms with Crippen molar-refractivity contribution >= 4 is 23.2 Å². The third kappa shape index (κ3) is 2.69. The Kier molecular flexibility index (Phi) is 3.27. The van der Waals surface area contributed by atoms with E-state index in [0.29, 0.717) is 22.7 Å². The topological polar surface area (TPSA) is 80.3 Å². The molecule has 6 nitrogen and oxygen atoms in total. The monoisotopic (exact) mass is 283 g/mol. The Balaban J connectivity index is 1.80. The van der Waals surface area contributed by atoms with Gasteiger partial charge in [0.1, 0.15) is 5.75 Å². The number of pyridine rings is 1. The lowest BCUT2D eigenvalue weighted by Gasteiger charge is -2.23. The highest BCUT2D eigenvalue weighted by atomic mass is 16.5. The summed E-state index contributed by atoms with van der Waals surface area (Å²) in [5.41, 5.74) is 1.58. The SMILES string of the molecule is C[C@H]1Oc2ccc(NC(=O)c3cccnc3)cc2NC1=O. The maximum absolute atomic E-state index is 12.0. The molecule has 2 heterocycles. The van der Waals surface area contributed by atoms with Gasteiger partial charge in [-0.25, -0.2) is 0 Å². The number of nitrogens with zero attached hydrogens (tertiary/aromatic N) is 1. The molecular weight excluding hydrogens is 270 g/mol. The molecule has 21 heavy (non-hydrogen) atoms. The number of rotatable bonds is 2. The molecule has 1 aliphatic rings. The summed E-state index contributed by atoms with van der Waals surface area (Å²) in [4.78, 5) is 27.5. The number of anilines is 2. The summed E-state index contributed by atoms with van der Waals surface area (Å²) in [6.45, 7) is 1.68. The average molecular weight is 283 g/mol. The van der Waals surface area contributed by atoms with E-state index in [2.05, 4.69) is 15.6 Å². The van der Waals surface area contributed by atoms with Crippen molar-refractivity contribution in [3.05, 3.63) is 48.3 Å². The third-order valence-corrected chi connectivity index (χ3v) is 3.09. The first-order chi connectivity index (χ1) is 10.1. The number of ether oxygens (including phenoxy) is 1. The smallest absolute Gasteiger partial charge is 0.265 e. The summed E-state index contributed by atoms with van der Waals surface area (Å²) in [5, 5.41) is 5.48. The van der Waals surface area contributed by atoms with Crippen molar-refractivity contribution < 1.29 is 14.3 Å². The average Bonchev–Trinajstić information content (AvgIpc) is 2.49. The molecule has 1 aliphatic heterocycles. The molecule has 1 aromatic heterocycles. The van der Waals surface area contributed by atoms with Gasteiger partial charge >= 0.3 is 0 Å². The van der Waals surface area contributed by atoms with Crippen LogP contribution in [0.2, 0.25) is 0 Å². The van der Waals surface area contributed by atoms with E-state index in [0.717, 1.165) is 0 Å². The van der Waals surface area contributed by atoms with Gasteiger partial charge in [0.2, 0.25) is 0 Å². The summed E-state index contributed by atoms with van der Waals surface area (Å²) >= 11 is 0. The van der Waals surface area contributed by atoms with Crippen LogP contribution in [0.25, 0.3) is 0 Å². The maximum atomic E-state index is 12.0. The van der Waals surface area contributed by atoms with Crippen LogP contribution in [0.3, 0.4) is 0 Å². The molecule has 2 amide bonds. The van der Waals surface area contributed by atoms with Crippen LogP contribution in [-0.4, -0.2) is 22.9 Å². The largest absolute Gasteiger partial charge is 0.479 e. The van der Waals surface area contributed by atoms with E-state index in [1.165, 1.54) is 6.20 Å². The van der Waals surface area contributed by atoms with Crippen LogP contribution in [-0.2, 0) is 4.79 Å². The van der Waals surface area contributed by atoms with Crippen LogP contribution in [0.15, 0.2) is 42.7 Å². The Morgan fingerprint density at radius 2 is 2.24 bits per heavy atom. The third-order valence-electron chi connectivity index (χ3n) is 3.09. The van der Waals surface area contributed by atoms with Gasteiger partial charge in [-0.15, -0.1) is 0 Å². The standard InChI is InChI=1S/C15H13N3O3/c1-9-14(19)18-12-7-11(4-5-13(12)21-9)17-15(20)10-3-2-6-16-8-10/h2-9H,1H3,(H,17,20)(H,18,19)/t9-/m1/s1. The highest BCUT2D eigenvalue weighted by Gasteiger charge is 2.23. The van der Waals surface area contributed by atoms with E-state index in [-0.39, 0.29) is 11.8 Å². The second-order valence-corrected chi connectivity index (χ2v) is 4.66. The predicted molar refractivity (Wildman–Crippen MR) is 77.4 cm³/mol. The zero-order valence-electron chi connectivity index (χ0n) is 11.3. The summed E-state index contributed by atoms with van der Waals surface area (Å²) in [5.74, 6) is 0.110. The molecule has 2 N–H and O–H groups in total. The van der Waals surface area contributed by atoms with Crippen LogP contribution in [0.4, 0.5) is 11.4 Å². The van der Waals surface area contributed by atoms with E-state index < -0.39 is 6.10 Å². The van der Waals surface area contributed by atoms with Crippen LogP contribution in [0, 0.1) is 0 Å². The normalized spacial score (nSPS) is 16.4. The van der Waals surface area contributed by atoms with Crippen molar-refractivity contribution in [1.82, 2.24) is 4.98 Å². The first-order valence-electron chi connectivity index (χ1n) is 6.46. The summed E-state index contributed by atoms with van der Waals surface area (Å²) in [6.07, 6.45) is 2.57. The van der Waals surface area contributed by atoms with Gasteiger partial charge in [0, 0.05) is 18.1 Å². The van der Waals surface area contributed by atoms with Crippen molar-refractivity contribution in [3.8, 4) is 5.75 Å². The number of fused-ring (bicyclic) bond motifs is 1. The fourth-order valence-electron chi connectivity index (χ4n) is 1.99. The van der Waals surface area contributed by atoms with Crippen molar-refractivity contribution in [2.45, 2.75) is 13.0 Å². The number of nitrogens with one attached hydrogen (secondary N) is 2. The van der Waals surface area contributed by atoms with Crippen LogP contribution < -0.4 is 15.4 Å². The minimum atomic E-state index is -0.520. The van der Waals surface area contributed by atoms with Gasteiger partial charge in [-0.3, -0.25) is 14.6 Å². The molecule has 106 valence electrons. The fourth-order valence-corrected chi connectivity index (χ4v) is 1.99. The lowest BCUT2D eigenvalue weighted by atomic mass is 10.2. The molecule has 3 rings (SSSR count). The molecule has 2 aromatic rings. The number of aromatic nitrogens is 1. The Morgan fingerprint density at radius 3 is 3.00 bits per heavy atom. The van der Waals surface area contributed by atoms with Gasteiger partial charge < -0.3 is 15.4 Å². The Morgan fingerprint density at radius 1 is 1.38 bits per heavy atom. The Bertz CT molecular complexity index is 701. The number of hydrogen-bond donors (Lipinski definition) is 2. The molecule has 0 saturated heterocycles. The van der Waals surface area contributed by atoms with E-state index in [1.807, 2.05) is 0 Å². The Labute approximate surface area is 121 Å². The molecule has 0 fully saturated rings. The lowest BCUT2D eigenvalue weighted by Crippen LogP contribution is -2.34. The number of carbonyl (C=O) groups is 2. The molecule has 0 unspecified atom stereocenters. The minimum absolute atomic E-state index is 0.210. The lowest BCUT2D eigenvalue weighted by molar-refractivity contribution is -0.122. The number of benzene rings is 1. The van der Waals surface area contributed by atoms with Crippen molar-refractivity contribution in [1.29, 1.82) is 0 Å². The molecule has 1 atom stereocenters. The van der Waals surface area contributed by atoms with Crippen LogP contribution >= 0.6 is 0 Å². The first kappa shape index (κ1) is 13.1. The zero-order chi connectivity index (χ0) is 14.8. The molecule has 0 bridgehead atoms. The van der Waals surface area contributed by atoms with Gasteiger partial charge in [-0.1, -0.05) is 0 Å². The predicted octanol–water partition coefficient (Wildman–Crippen LogP) is 2.05. The molecule has 1 aromatic carbocycles. The van der Waals surface area contributed by atoms with Gasteiger partial charge in [-0.2, -0.15) is 0 Å². The minimum Gasteiger partial charge on any atom is -0.479 e. The number of carbonyl (C=O) groups excluding carboxylic acids is 2. The van der Waals surface area contributed by atoms with E-state index >= 15 is 0 Å². The molecule has 0 aliphatic carbocycles. The highest BCUT2D eigenvalue weighted by molar-refractivity contribution is 6.05. The number of hydrogen-bond acceptors (Lipinski definition) is 4. The van der Waals surface area contributed by atoms with Crippen molar-refractivity contribution in [2.75, 3.05) is 10.6 Å². The molecule has 0 saturated carbocycles. The Hall–Kier alpha value is -2.89. The van der Waals surface area contributed by atoms with E-state index in [9.17, 15) is 9.59 Å². The van der Waals surface area contributed by atoms with Gasteiger partial charge in [0.25, 0.3) is 11.8 Å². The molecule has 6 heteroatoms. The van der Waals surface area contributed by atoms with Crippen LogP contribution in [0.5, 0.6) is 5.75 Å². The molecule has 0 spiro atoms. The van der Waals surface area contributed by atoms with E-state index in [1.54, 1.807) is 43.5 Å². The van der Waals surface area contributed by atoms with Crippen molar-refractivity contribution in [2.24, 2.45) is 0 Å². The van der Waals surface area contributed by atoms with E-state index in [4.69, 9.17) is 4.74 Å². The molecule has 0 radical (unpaired) electrons. The van der Waals surface area contributed by atoms with Gasteiger partial charge in [0.15, 0.2) is 6.10 Å². The van der Waals surface area contributed by atoms with Gasteiger partial charge in [0.05, 0.1) is 11.3 Å².